The average molecular weight is 448 g/mol. The van der Waals surface area contributed by atoms with Crippen LogP contribution in [0.3, 0.4) is 0 Å². The predicted molar refractivity (Wildman–Crippen MR) is 97.2 cm³/mol. The fourth-order valence-corrected chi connectivity index (χ4v) is 4.03. The van der Waals surface area contributed by atoms with Gasteiger partial charge in [0, 0.05) is 0 Å². The third kappa shape index (κ3) is 2.64. The summed E-state index contributed by atoms with van der Waals surface area (Å²) >= 11 is 0. The van der Waals surface area contributed by atoms with Crippen molar-refractivity contribution in [3.63, 3.8) is 0 Å². The minimum Gasteiger partial charge on any atom is -0.508 e. The molecule has 0 saturated heterocycles. The van der Waals surface area contributed by atoms with Crippen molar-refractivity contribution in [1.29, 1.82) is 0 Å². The Labute approximate surface area is 172 Å². The number of halogens is 6. The van der Waals surface area contributed by atoms with Crippen molar-refractivity contribution in [3.05, 3.63) is 70.8 Å². The van der Waals surface area contributed by atoms with Gasteiger partial charge in [0.2, 0.25) is 11.3 Å². The first-order valence-electron chi connectivity index (χ1n) is 8.92. The molecule has 1 fully saturated rings. The predicted octanol–water partition coefficient (Wildman–Crippen LogP) is 4.43. The Kier molecular flexibility index (Phi) is 4.91. The lowest BCUT2D eigenvalue weighted by Gasteiger charge is -2.56. The molecule has 168 valence electrons. The van der Waals surface area contributed by atoms with Gasteiger partial charge in [-0.25, -0.2) is 17.6 Å². The zero-order valence-electron chi connectivity index (χ0n) is 16.2. The summed E-state index contributed by atoms with van der Waals surface area (Å²) in [7, 11) is 0. The highest BCUT2D eigenvalue weighted by molar-refractivity contribution is 5.51. The lowest BCUT2D eigenvalue weighted by atomic mass is 9.58. The van der Waals surface area contributed by atoms with E-state index in [0.717, 1.165) is 26.0 Å². The van der Waals surface area contributed by atoms with Crippen LogP contribution in [-0.4, -0.2) is 38.1 Å². The Morgan fingerprint density at radius 2 is 1.00 bits per heavy atom. The first kappa shape index (κ1) is 23.0. The molecule has 0 bridgehead atoms. The van der Waals surface area contributed by atoms with Crippen LogP contribution in [-0.2, 0) is 11.3 Å². The maximum Gasteiger partial charge on any atom is 0.336 e. The Hall–Kier alpha value is -2.72. The van der Waals surface area contributed by atoms with Crippen LogP contribution in [0.25, 0.3) is 0 Å². The van der Waals surface area contributed by atoms with Crippen LogP contribution in [0.5, 0.6) is 11.5 Å². The van der Waals surface area contributed by atoms with Crippen molar-refractivity contribution < 1.29 is 46.8 Å². The van der Waals surface area contributed by atoms with Gasteiger partial charge >= 0.3 is 11.8 Å². The number of allylic oxidation sites excluding steroid dienone is 1. The van der Waals surface area contributed by atoms with Crippen molar-refractivity contribution in [3.8, 4) is 11.5 Å². The van der Waals surface area contributed by atoms with Crippen LogP contribution in [0.2, 0.25) is 0 Å². The fraction of sp³-hybridized carbons (Fsp3) is 0.333. The first-order chi connectivity index (χ1) is 14.1. The van der Waals surface area contributed by atoms with Gasteiger partial charge in [-0.05, 0) is 49.2 Å². The third-order valence-corrected chi connectivity index (χ3v) is 5.48. The third-order valence-electron chi connectivity index (χ3n) is 5.48. The van der Waals surface area contributed by atoms with Crippen molar-refractivity contribution in [1.82, 2.24) is 0 Å². The summed E-state index contributed by atoms with van der Waals surface area (Å²) in [5.74, 6) is -16.8. The second-order valence-electron chi connectivity index (χ2n) is 7.60. The van der Waals surface area contributed by atoms with Gasteiger partial charge in [0.15, 0.2) is 0 Å². The molecule has 4 nitrogen and oxygen atoms in total. The molecule has 0 spiro atoms. The van der Waals surface area contributed by atoms with Crippen LogP contribution < -0.4 is 0 Å². The van der Waals surface area contributed by atoms with E-state index in [1.165, 1.54) is 0 Å². The van der Waals surface area contributed by atoms with E-state index in [1.54, 1.807) is 0 Å². The molecule has 1 aliphatic rings. The average Bonchev–Trinajstić information content (AvgIpc) is 2.65. The number of phenolic OH excluding ortho intramolecular Hbond substituents is 2. The molecule has 4 atom stereocenters. The molecule has 0 amide bonds. The van der Waals surface area contributed by atoms with Gasteiger partial charge in [0.1, 0.15) is 11.5 Å². The standard InChI is InChI=1S/C21H18F6O4/c1-11(2)16-19(24,25)21(27,31)18(23,13-5-9-15(29)10-6-13)17(22,20(16,26)30)12-3-7-14(28)8-4-12/h3-10,28-31H,1-2H3. The van der Waals surface area contributed by atoms with Gasteiger partial charge in [-0.1, -0.05) is 29.8 Å². The summed E-state index contributed by atoms with van der Waals surface area (Å²) in [6, 6.07) is 4.86. The van der Waals surface area contributed by atoms with Crippen LogP contribution in [0, 0.1) is 0 Å². The van der Waals surface area contributed by atoms with Crippen molar-refractivity contribution in [2.45, 2.75) is 42.8 Å². The number of hydrogen-bond acceptors (Lipinski definition) is 4. The lowest BCUT2D eigenvalue weighted by Crippen LogP contribution is -2.77. The maximum atomic E-state index is 16.6. The van der Waals surface area contributed by atoms with Crippen LogP contribution in [0.4, 0.5) is 26.3 Å². The Morgan fingerprint density at radius 3 is 1.35 bits per heavy atom. The zero-order chi connectivity index (χ0) is 23.6. The normalized spacial score (nSPS) is 35.1. The molecule has 31 heavy (non-hydrogen) atoms. The number of aromatic hydroxyl groups is 2. The smallest absolute Gasteiger partial charge is 0.336 e. The maximum absolute atomic E-state index is 16.6. The molecule has 0 aliphatic heterocycles. The molecule has 0 heterocycles. The summed E-state index contributed by atoms with van der Waals surface area (Å²) in [4.78, 5) is 0. The highest BCUT2D eigenvalue weighted by Crippen LogP contribution is 2.70. The van der Waals surface area contributed by atoms with E-state index in [1.807, 2.05) is 0 Å². The number of alkyl halides is 6. The molecular formula is C21H18F6O4. The molecule has 1 aliphatic carbocycles. The molecule has 0 aromatic heterocycles. The van der Waals surface area contributed by atoms with E-state index >= 15 is 17.6 Å². The van der Waals surface area contributed by atoms with Crippen molar-refractivity contribution in [2.75, 3.05) is 0 Å². The Balaban J connectivity index is 2.54. The van der Waals surface area contributed by atoms with Gasteiger partial charge in [0.25, 0.3) is 5.85 Å². The highest BCUT2D eigenvalue weighted by atomic mass is 19.3. The highest BCUT2D eigenvalue weighted by Gasteiger charge is 2.89. The van der Waals surface area contributed by atoms with Gasteiger partial charge in [0.05, 0.1) is 5.57 Å². The number of benzene rings is 2. The van der Waals surface area contributed by atoms with E-state index < -0.39 is 62.7 Å². The summed E-state index contributed by atoms with van der Waals surface area (Å²) in [6.45, 7) is 1.60. The Morgan fingerprint density at radius 1 is 0.645 bits per heavy atom. The first-order valence-corrected chi connectivity index (χ1v) is 8.92. The van der Waals surface area contributed by atoms with E-state index in [9.17, 15) is 29.2 Å². The minimum absolute atomic E-state index is 0.467. The second-order valence-corrected chi connectivity index (χ2v) is 7.60. The van der Waals surface area contributed by atoms with Gasteiger partial charge in [-0.3, -0.25) is 0 Å². The van der Waals surface area contributed by atoms with E-state index in [4.69, 9.17) is 0 Å². The molecule has 4 N–H and O–H groups in total. The zero-order valence-corrected chi connectivity index (χ0v) is 16.2. The van der Waals surface area contributed by atoms with Gasteiger partial charge in [-0.15, -0.1) is 0 Å². The van der Waals surface area contributed by atoms with Crippen LogP contribution in [0.1, 0.15) is 25.0 Å². The molecule has 4 unspecified atom stereocenters. The van der Waals surface area contributed by atoms with Gasteiger partial charge in [-0.2, -0.15) is 8.78 Å². The molecule has 0 radical (unpaired) electrons. The summed E-state index contributed by atoms with van der Waals surface area (Å²) in [6.07, 6.45) is 0. The number of rotatable bonds is 2. The summed E-state index contributed by atoms with van der Waals surface area (Å²) < 4.78 is 94.2. The fourth-order valence-electron chi connectivity index (χ4n) is 4.03. The van der Waals surface area contributed by atoms with Crippen LogP contribution >= 0.6 is 0 Å². The quantitative estimate of drug-likeness (QED) is 0.405. The van der Waals surface area contributed by atoms with Crippen molar-refractivity contribution >= 4 is 0 Å². The number of aliphatic hydroxyl groups is 2. The minimum atomic E-state index is -5.42. The lowest BCUT2D eigenvalue weighted by molar-refractivity contribution is -0.399. The Bertz CT molecular complexity index is 1030. The number of phenols is 2. The topological polar surface area (TPSA) is 80.9 Å². The summed E-state index contributed by atoms with van der Waals surface area (Å²) in [5.41, 5.74) is -15.1. The van der Waals surface area contributed by atoms with E-state index in [0.29, 0.717) is 36.4 Å². The molecular weight excluding hydrogens is 430 g/mol. The monoisotopic (exact) mass is 448 g/mol. The molecule has 3 rings (SSSR count). The van der Waals surface area contributed by atoms with Crippen LogP contribution in [0.15, 0.2) is 59.7 Å². The van der Waals surface area contributed by atoms with Gasteiger partial charge < -0.3 is 20.4 Å². The van der Waals surface area contributed by atoms with Crippen molar-refractivity contribution in [2.24, 2.45) is 0 Å². The van der Waals surface area contributed by atoms with E-state index in [-0.39, 0.29) is 0 Å². The summed E-state index contributed by atoms with van der Waals surface area (Å²) in [5, 5.41) is 39.5. The SMILES string of the molecule is CC(C)=C1C(O)(F)C(F)(c2ccc(O)cc2)C(F)(c2ccc(O)cc2)C(O)(F)C1(F)F. The second kappa shape index (κ2) is 6.64. The molecule has 2 aromatic carbocycles. The molecule has 1 saturated carbocycles. The largest absolute Gasteiger partial charge is 0.508 e. The number of hydrogen-bond donors (Lipinski definition) is 4. The molecule has 2 aromatic rings. The molecule has 10 heteroatoms. The van der Waals surface area contributed by atoms with E-state index in [2.05, 4.69) is 0 Å².